The molecule has 2 rings (SSSR count). The van der Waals surface area contributed by atoms with Crippen LogP contribution in [0.1, 0.15) is 49.9 Å². The van der Waals surface area contributed by atoms with E-state index < -0.39 is 0 Å². The number of carbonyl (C=O) groups excluding carboxylic acids is 1. The molecule has 0 saturated heterocycles. The lowest BCUT2D eigenvalue weighted by molar-refractivity contribution is 0.0910. The summed E-state index contributed by atoms with van der Waals surface area (Å²) in [5, 5.41) is 2.07. The maximum Gasteiger partial charge on any atom is 0.166 e. The van der Waals surface area contributed by atoms with E-state index in [1.54, 1.807) is 12.4 Å². The number of nitrogens with zero attached hydrogens (tertiary/aromatic N) is 1. The monoisotopic (exact) mass is 255 g/mol. The first-order valence-corrected chi connectivity index (χ1v) is 7.14. The zero-order valence-corrected chi connectivity index (χ0v) is 11.7. The SMILES string of the molecule is CCCCC(CC)C(=O)c1cccc2ccncc12. The number of Topliss-reactive ketones (excluding diaryl/α,β-unsaturated/α-hetero) is 1. The van der Waals surface area contributed by atoms with Gasteiger partial charge in [-0.25, -0.2) is 0 Å². The normalized spacial score (nSPS) is 12.5. The van der Waals surface area contributed by atoms with Gasteiger partial charge in [-0.1, -0.05) is 44.9 Å². The Bertz CT molecular complexity index is 557. The first kappa shape index (κ1) is 13.7. The molecule has 0 amide bonds. The summed E-state index contributed by atoms with van der Waals surface area (Å²) in [6.45, 7) is 4.26. The van der Waals surface area contributed by atoms with Crippen molar-refractivity contribution in [2.24, 2.45) is 5.92 Å². The highest BCUT2D eigenvalue weighted by Crippen LogP contribution is 2.24. The molecule has 0 aliphatic rings. The highest BCUT2D eigenvalue weighted by Gasteiger charge is 2.19. The van der Waals surface area contributed by atoms with E-state index in [4.69, 9.17) is 0 Å². The summed E-state index contributed by atoms with van der Waals surface area (Å²) in [6, 6.07) is 7.88. The van der Waals surface area contributed by atoms with E-state index in [1.807, 2.05) is 24.3 Å². The van der Waals surface area contributed by atoms with Crippen molar-refractivity contribution in [3.05, 3.63) is 42.2 Å². The first-order valence-electron chi connectivity index (χ1n) is 7.14. The Morgan fingerprint density at radius 2 is 2.11 bits per heavy atom. The molecule has 2 nitrogen and oxygen atoms in total. The quantitative estimate of drug-likeness (QED) is 0.704. The molecule has 1 unspecified atom stereocenters. The Morgan fingerprint density at radius 1 is 1.26 bits per heavy atom. The molecule has 19 heavy (non-hydrogen) atoms. The second-order valence-electron chi connectivity index (χ2n) is 5.01. The van der Waals surface area contributed by atoms with E-state index >= 15 is 0 Å². The third kappa shape index (κ3) is 3.01. The lowest BCUT2D eigenvalue weighted by Crippen LogP contribution is -2.14. The van der Waals surface area contributed by atoms with E-state index in [9.17, 15) is 4.79 Å². The maximum atomic E-state index is 12.7. The Hall–Kier alpha value is -1.70. The van der Waals surface area contributed by atoms with Gasteiger partial charge in [0.1, 0.15) is 0 Å². The largest absolute Gasteiger partial charge is 0.294 e. The molecular weight excluding hydrogens is 234 g/mol. The van der Waals surface area contributed by atoms with Crippen molar-refractivity contribution in [3.8, 4) is 0 Å². The van der Waals surface area contributed by atoms with E-state index in [-0.39, 0.29) is 11.7 Å². The van der Waals surface area contributed by atoms with Crippen LogP contribution in [-0.2, 0) is 0 Å². The molecule has 1 aromatic carbocycles. The summed E-state index contributed by atoms with van der Waals surface area (Å²) in [6.07, 6.45) is 7.73. The van der Waals surface area contributed by atoms with Crippen LogP contribution in [0.2, 0.25) is 0 Å². The second-order valence-corrected chi connectivity index (χ2v) is 5.01. The van der Waals surface area contributed by atoms with Gasteiger partial charge in [0.25, 0.3) is 0 Å². The van der Waals surface area contributed by atoms with Crippen molar-refractivity contribution in [1.82, 2.24) is 4.98 Å². The molecule has 0 bridgehead atoms. The van der Waals surface area contributed by atoms with Crippen molar-refractivity contribution in [1.29, 1.82) is 0 Å². The molecule has 0 aliphatic carbocycles. The molecular formula is C17H21NO. The fourth-order valence-electron chi connectivity index (χ4n) is 2.52. The van der Waals surface area contributed by atoms with Gasteiger partial charge >= 0.3 is 0 Å². The number of carbonyl (C=O) groups is 1. The molecule has 0 saturated carbocycles. The number of rotatable bonds is 6. The van der Waals surface area contributed by atoms with Crippen LogP contribution in [0.5, 0.6) is 0 Å². The molecule has 100 valence electrons. The molecule has 2 heteroatoms. The average molecular weight is 255 g/mol. The molecule has 0 spiro atoms. The van der Waals surface area contributed by atoms with Gasteiger partial charge < -0.3 is 0 Å². The number of benzene rings is 1. The highest BCUT2D eigenvalue weighted by atomic mass is 16.1. The summed E-state index contributed by atoms with van der Waals surface area (Å²) in [4.78, 5) is 16.8. The number of hydrogen-bond acceptors (Lipinski definition) is 2. The summed E-state index contributed by atoms with van der Waals surface area (Å²) in [7, 11) is 0. The minimum atomic E-state index is 0.144. The predicted molar refractivity (Wildman–Crippen MR) is 79.4 cm³/mol. The van der Waals surface area contributed by atoms with Crippen LogP contribution in [0.25, 0.3) is 10.8 Å². The van der Waals surface area contributed by atoms with Crippen LogP contribution in [0, 0.1) is 5.92 Å². The Kier molecular flexibility index (Phi) is 4.67. The van der Waals surface area contributed by atoms with E-state index in [1.165, 1.54) is 0 Å². The second kappa shape index (κ2) is 6.46. The minimum Gasteiger partial charge on any atom is -0.294 e. The molecule has 2 aromatic rings. The number of aromatic nitrogens is 1. The summed E-state index contributed by atoms with van der Waals surface area (Å²) < 4.78 is 0. The molecule has 1 atom stereocenters. The van der Waals surface area contributed by atoms with Gasteiger partial charge in [0.05, 0.1) is 0 Å². The van der Waals surface area contributed by atoms with Crippen molar-refractivity contribution >= 4 is 16.6 Å². The highest BCUT2D eigenvalue weighted by molar-refractivity contribution is 6.08. The van der Waals surface area contributed by atoms with Crippen LogP contribution >= 0.6 is 0 Å². The fourth-order valence-corrected chi connectivity index (χ4v) is 2.52. The molecule has 0 aliphatic heterocycles. The van der Waals surface area contributed by atoms with E-state index in [0.717, 1.165) is 42.0 Å². The zero-order valence-electron chi connectivity index (χ0n) is 11.7. The van der Waals surface area contributed by atoms with Crippen LogP contribution in [0.3, 0.4) is 0 Å². The summed E-state index contributed by atoms with van der Waals surface area (Å²) in [5.41, 5.74) is 0.827. The maximum absolute atomic E-state index is 12.7. The lowest BCUT2D eigenvalue weighted by atomic mass is 9.89. The van der Waals surface area contributed by atoms with E-state index in [2.05, 4.69) is 18.8 Å². The third-order valence-electron chi connectivity index (χ3n) is 3.72. The van der Waals surface area contributed by atoms with Crippen molar-refractivity contribution in [2.45, 2.75) is 39.5 Å². The topological polar surface area (TPSA) is 30.0 Å². The van der Waals surface area contributed by atoms with Gasteiger partial charge in [0.2, 0.25) is 0 Å². The van der Waals surface area contributed by atoms with Crippen molar-refractivity contribution in [3.63, 3.8) is 0 Å². The average Bonchev–Trinajstić information content (AvgIpc) is 2.47. The first-order chi connectivity index (χ1) is 9.27. The molecule has 1 heterocycles. The van der Waals surface area contributed by atoms with Crippen LogP contribution in [0.15, 0.2) is 36.7 Å². The molecule has 0 radical (unpaired) electrons. The number of ketones is 1. The van der Waals surface area contributed by atoms with Gasteiger partial charge in [-0.2, -0.15) is 0 Å². The van der Waals surface area contributed by atoms with Gasteiger partial charge in [0.15, 0.2) is 5.78 Å². The van der Waals surface area contributed by atoms with Crippen LogP contribution < -0.4 is 0 Å². The minimum absolute atomic E-state index is 0.144. The standard InChI is InChI=1S/C17H21NO/c1-3-5-7-13(4-2)17(19)15-9-6-8-14-10-11-18-12-16(14)15/h6,8-13H,3-5,7H2,1-2H3. The summed E-state index contributed by atoms with van der Waals surface area (Å²) >= 11 is 0. The number of fused-ring (bicyclic) bond motifs is 1. The van der Waals surface area contributed by atoms with Crippen LogP contribution in [0.4, 0.5) is 0 Å². The fraction of sp³-hybridized carbons (Fsp3) is 0.412. The van der Waals surface area contributed by atoms with Gasteiger partial charge in [-0.05, 0) is 24.3 Å². The number of pyridine rings is 1. The van der Waals surface area contributed by atoms with Crippen LogP contribution in [-0.4, -0.2) is 10.8 Å². The molecule has 0 fully saturated rings. The van der Waals surface area contributed by atoms with Gasteiger partial charge in [-0.3, -0.25) is 9.78 Å². The Labute approximate surface area is 114 Å². The zero-order chi connectivity index (χ0) is 13.7. The van der Waals surface area contributed by atoms with Gasteiger partial charge in [-0.15, -0.1) is 0 Å². The van der Waals surface area contributed by atoms with Crippen molar-refractivity contribution in [2.75, 3.05) is 0 Å². The lowest BCUT2D eigenvalue weighted by Gasteiger charge is -2.14. The van der Waals surface area contributed by atoms with E-state index in [0.29, 0.717) is 0 Å². The third-order valence-corrected chi connectivity index (χ3v) is 3.72. The van der Waals surface area contributed by atoms with Crippen molar-refractivity contribution < 1.29 is 4.79 Å². The summed E-state index contributed by atoms with van der Waals surface area (Å²) in [5.74, 6) is 0.417. The number of hydrogen-bond donors (Lipinski definition) is 0. The predicted octanol–water partition coefficient (Wildman–Crippen LogP) is 4.63. The number of unbranched alkanes of at least 4 members (excludes halogenated alkanes) is 1. The Balaban J connectivity index is 2.35. The molecule has 1 aromatic heterocycles. The molecule has 0 N–H and O–H groups in total. The smallest absolute Gasteiger partial charge is 0.166 e. The van der Waals surface area contributed by atoms with Gasteiger partial charge in [0, 0.05) is 29.3 Å². The Morgan fingerprint density at radius 3 is 2.84 bits per heavy atom.